The van der Waals surface area contributed by atoms with Gasteiger partial charge in [0, 0.05) is 12.7 Å². The molecule has 18 heavy (non-hydrogen) atoms. The first-order valence-electron chi connectivity index (χ1n) is 5.75. The number of ether oxygens (including phenoxy) is 1. The van der Waals surface area contributed by atoms with Gasteiger partial charge in [-0.15, -0.1) is 0 Å². The van der Waals surface area contributed by atoms with Crippen molar-refractivity contribution in [3.8, 4) is 6.07 Å². The van der Waals surface area contributed by atoms with Crippen LogP contribution < -0.4 is 0 Å². The second-order valence-electron chi connectivity index (χ2n) is 4.79. The minimum Gasteiger partial charge on any atom is -0.379 e. The van der Waals surface area contributed by atoms with Crippen molar-refractivity contribution in [2.45, 2.75) is 31.7 Å². The summed E-state index contributed by atoms with van der Waals surface area (Å²) in [4.78, 5) is 3.89. The van der Waals surface area contributed by atoms with Crippen LogP contribution in [0.3, 0.4) is 0 Å². The second kappa shape index (κ2) is 4.99. The maximum Gasteiger partial charge on any atom is 0.184 e. The Bertz CT molecular complexity index is 531. The Labute approximate surface area is 111 Å². The molecule has 0 bridgehead atoms. The van der Waals surface area contributed by atoms with Crippen LogP contribution in [0.1, 0.15) is 32.0 Å². The average molecular weight is 262 g/mol. The van der Waals surface area contributed by atoms with Crippen LogP contribution in [0, 0.1) is 11.3 Å². The smallest absolute Gasteiger partial charge is 0.184 e. The molecule has 0 aliphatic carbocycles. The van der Waals surface area contributed by atoms with Crippen LogP contribution in [-0.2, 0) is 10.2 Å². The van der Waals surface area contributed by atoms with Gasteiger partial charge in [0.05, 0.1) is 35.0 Å². The van der Waals surface area contributed by atoms with Gasteiger partial charge in [0.15, 0.2) is 5.82 Å². The van der Waals surface area contributed by atoms with E-state index in [1.54, 1.807) is 6.07 Å². The van der Waals surface area contributed by atoms with Gasteiger partial charge in [0.1, 0.15) is 0 Å². The van der Waals surface area contributed by atoms with Gasteiger partial charge in [-0.25, -0.2) is 0 Å². The van der Waals surface area contributed by atoms with Gasteiger partial charge in [-0.1, -0.05) is 0 Å². The minimum atomic E-state index is -0.620. The molecule has 1 atom stereocenters. The number of hydrogen-bond donors (Lipinski definition) is 0. The molecule has 0 saturated carbocycles. The molecule has 0 N–H and O–H groups in total. The van der Waals surface area contributed by atoms with Crippen molar-refractivity contribution in [3.63, 3.8) is 0 Å². The molecule has 1 aromatic rings. The normalized spacial score (nSPS) is 19.3. The Morgan fingerprint density at radius 2 is 2.44 bits per heavy atom. The lowest BCUT2D eigenvalue weighted by Gasteiger charge is -2.20. The monoisotopic (exact) mass is 262 g/mol. The van der Waals surface area contributed by atoms with Crippen LogP contribution in [0.15, 0.2) is 11.1 Å². The number of hydrogen-bond acceptors (Lipinski definition) is 5. The zero-order valence-electron chi connectivity index (χ0n) is 10.4. The lowest BCUT2D eigenvalue weighted by Crippen LogP contribution is -2.23. The molecule has 1 aliphatic rings. The van der Waals surface area contributed by atoms with Gasteiger partial charge in [-0.05, 0) is 32.5 Å². The number of aromatic nitrogens is 2. The van der Waals surface area contributed by atoms with Gasteiger partial charge in [-0.3, -0.25) is 4.68 Å². The Morgan fingerprint density at radius 1 is 1.67 bits per heavy atom. The fraction of sp³-hybridized carbons (Fsp3) is 0.583. The molecule has 0 radical (unpaired) electrons. The fourth-order valence-corrected chi connectivity index (χ4v) is 2.09. The first kappa shape index (κ1) is 12.9. The summed E-state index contributed by atoms with van der Waals surface area (Å²) in [6.45, 7) is 5.07. The fourth-order valence-electron chi connectivity index (χ4n) is 2.00. The van der Waals surface area contributed by atoms with E-state index in [2.05, 4.69) is 33.5 Å². The Morgan fingerprint density at radius 3 is 3.00 bits per heavy atom. The molecule has 0 unspecified atom stereocenters. The lowest BCUT2D eigenvalue weighted by molar-refractivity contribution is 0.183. The Balaban J connectivity index is 2.48. The highest BCUT2D eigenvalue weighted by Crippen LogP contribution is 2.31. The maximum atomic E-state index is 9.26. The summed E-state index contributed by atoms with van der Waals surface area (Å²) in [5.74, 6) is 0.496. The van der Waals surface area contributed by atoms with Gasteiger partial charge >= 0.3 is 0 Å². The lowest BCUT2D eigenvalue weighted by atomic mass is 9.91. The van der Waals surface area contributed by atoms with E-state index in [-0.39, 0.29) is 6.04 Å². The van der Waals surface area contributed by atoms with Gasteiger partial charge < -0.3 is 4.74 Å². The molecule has 0 amide bonds. The third kappa shape index (κ3) is 2.34. The topological polar surface area (TPSA) is 63.2 Å². The third-order valence-electron chi connectivity index (χ3n) is 3.05. The molecule has 1 aliphatic heterocycles. The molecule has 1 saturated heterocycles. The molecule has 1 fully saturated rings. The first-order chi connectivity index (χ1) is 8.58. The Kier molecular flexibility index (Phi) is 3.58. The molecular formula is C12H14N4OS. The number of isothiocyanates is 1. The highest BCUT2D eigenvalue weighted by molar-refractivity contribution is 7.78. The summed E-state index contributed by atoms with van der Waals surface area (Å²) in [6, 6.07) is 4.25. The summed E-state index contributed by atoms with van der Waals surface area (Å²) < 4.78 is 7.22. The average Bonchev–Trinajstić information content (AvgIpc) is 2.97. The van der Waals surface area contributed by atoms with Crippen molar-refractivity contribution in [2.24, 2.45) is 4.99 Å². The quantitative estimate of drug-likeness (QED) is 0.619. The highest BCUT2D eigenvalue weighted by Gasteiger charge is 2.30. The summed E-state index contributed by atoms with van der Waals surface area (Å²) in [6.07, 6.45) is 0.900. The molecule has 6 heteroatoms. The van der Waals surface area contributed by atoms with Gasteiger partial charge in [-0.2, -0.15) is 15.4 Å². The van der Waals surface area contributed by atoms with Gasteiger partial charge in [0.25, 0.3) is 0 Å². The van der Waals surface area contributed by atoms with E-state index in [9.17, 15) is 5.26 Å². The van der Waals surface area contributed by atoms with Crippen molar-refractivity contribution < 1.29 is 4.74 Å². The minimum absolute atomic E-state index is 0.168. The molecule has 1 aromatic heterocycles. The number of rotatable bonds is 3. The van der Waals surface area contributed by atoms with Gasteiger partial charge in [0.2, 0.25) is 0 Å². The zero-order valence-corrected chi connectivity index (χ0v) is 11.2. The highest BCUT2D eigenvalue weighted by atomic mass is 32.1. The standard InChI is InChI=1S/C12H14N4OS/c1-12(2,7-13)10-5-11(14-8-18)15-16(10)9-3-4-17-6-9/h5,9H,3-4,6H2,1-2H3/t9-/m0/s1. The van der Waals surface area contributed by atoms with Crippen LogP contribution in [0.25, 0.3) is 0 Å². The van der Waals surface area contributed by atoms with Crippen molar-refractivity contribution in [1.82, 2.24) is 9.78 Å². The first-order valence-corrected chi connectivity index (χ1v) is 6.16. The largest absolute Gasteiger partial charge is 0.379 e. The predicted octanol–water partition coefficient (Wildman–Crippen LogP) is 2.38. The number of nitriles is 1. The zero-order chi connectivity index (χ0) is 13.2. The molecule has 5 nitrogen and oxygen atoms in total. The molecule has 2 rings (SSSR count). The number of nitrogens with zero attached hydrogens (tertiary/aromatic N) is 4. The van der Waals surface area contributed by atoms with E-state index in [1.165, 1.54) is 0 Å². The Hall–Kier alpha value is -1.54. The second-order valence-corrected chi connectivity index (χ2v) is 4.97. The van der Waals surface area contributed by atoms with Crippen LogP contribution in [0.4, 0.5) is 5.82 Å². The van der Waals surface area contributed by atoms with E-state index in [0.29, 0.717) is 12.4 Å². The molecular weight excluding hydrogens is 248 g/mol. The third-order valence-corrected chi connectivity index (χ3v) is 3.15. The summed E-state index contributed by atoms with van der Waals surface area (Å²) >= 11 is 4.59. The SMILES string of the molecule is CC(C)(C#N)c1cc(N=C=S)nn1[C@H]1CCOC1. The van der Waals surface area contributed by atoms with Crippen LogP contribution in [0.2, 0.25) is 0 Å². The van der Waals surface area contributed by atoms with E-state index in [0.717, 1.165) is 18.7 Å². The molecule has 0 spiro atoms. The van der Waals surface area contributed by atoms with Crippen LogP contribution in [-0.4, -0.2) is 28.2 Å². The van der Waals surface area contributed by atoms with E-state index < -0.39 is 5.41 Å². The molecule has 94 valence electrons. The van der Waals surface area contributed by atoms with Crippen molar-refractivity contribution in [1.29, 1.82) is 5.26 Å². The summed E-state index contributed by atoms with van der Waals surface area (Å²) in [5, 5.41) is 16.0. The predicted molar refractivity (Wildman–Crippen MR) is 70.0 cm³/mol. The van der Waals surface area contributed by atoms with E-state index >= 15 is 0 Å². The van der Waals surface area contributed by atoms with Crippen LogP contribution in [0.5, 0.6) is 0 Å². The summed E-state index contributed by atoms with van der Waals surface area (Å²) in [5.41, 5.74) is 0.217. The summed E-state index contributed by atoms with van der Waals surface area (Å²) in [7, 11) is 0. The molecule has 2 heterocycles. The van der Waals surface area contributed by atoms with E-state index in [4.69, 9.17) is 4.74 Å². The van der Waals surface area contributed by atoms with Crippen molar-refractivity contribution in [2.75, 3.05) is 13.2 Å². The van der Waals surface area contributed by atoms with Crippen molar-refractivity contribution >= 4 is 23.2 Å². The van der Waals surface area contributed by atoms with Crippen LogP contribution >= 0.6 is 12.2 Å². The molecule has 0 aromatic carbocycles. The van der Waals surface area contributed by atoms with E-state index in [1.807, 2.05) is 18.5 Å². The van der Waals surface area contributed by atoms with Crippen molar-refractivity contribution in [3.05, 3.63) is 11.8 Å². The number of aliphatic imine (C=N–C) groups is 1. The maximum absolute atomic E-state index is 9.26. The number of thiocarbonyl (C=S) groups is 1.